The number of aliphatic carboxylic acids is 1. The fourth-order valence-corrected chi connectivity index (χ4v) is 10.8. The van der Waals surface area contributed by atoms with Crippen LogP contribution in [0, 0.1) is 11.3 Å². The highest BCUT2D eigenvalue weighted by Gasteiger charge is 2.80. The number of hydrogen-bond donors (Lipinski definition) is 1. The van der Waals surface area contributed by atoms with Crippen LogP contribution in [0.3, 0.4) is 0 Å². The van der Waals surface area contributed by atoms with E-state index >= 15 is 0 Å². The van der Waals surface area contributed by atoms with Crippen LogP contribution in [-0.2, 0) is 18.7 Å². The third-order valence-electron chi connectivity index (χ3n) is 7.54. The van der Waals surface area contributed by atoms with Crippen molar-refractivity contribution >= 4 is 24.7 Å². The Morgan fingerprint density at radius 3 is 2.00 bits per heavy atom. The minimum absolute atomic E-state index is 0.104. The van der Waals surface area contributed by atoms with Crippen LogP contribution in [0.15, 0.2) is 60.7 Å². The first-order valence-electron chi connectivity index (χ1n) is 11.4. The van der Waals surface area contributed by atoms with Crippen molar-refractivity contribution in [1.29, 1.82) is 0 Å². The maximum Gasteiger partial charge on any atom is 0.312 e. The van der Waals surface area contributed by atoms with Gasteiger partial charge in [-0.3, -0.25) is 4.79 Å². The summed E-state index contributed by atoms with van der Waals surface area (Å²) in [6.07, 6.45) is -0.625. The molecule has 32 heavy (non-hydrogen) atoms. The zero-order valence-electron chi connectivity index (χ0n) is 19.4. The fraction of sp³-hybridized carbons (Fsp3) is 0.500. The maximum atomic E-state index is 12.4. The van der Waals surface area contributed by atoms with E-state index in [1.165, 1.54) is 10.4 Å². The Morgan fingerprint density at radius 2 is 1.53 bits per heavy atom. The molecule has 3 fully saturated rings. The standard InChI is InChI=1S/C26H32O5Si/c1-24(2,3)32(17-12-8-6-9-13-17,18-14-10-7-11-15-18)31-20-19-16-26(19,23(27)28)22-21(20)29-25(4,5)30-22/h6-15,19-22H,16H2,1-5H3,(H,27,28)/t19-,20+,21-,22+,26+/m0/s1. The molecule has 0 radical (unpaired) electrons. The summed E-state index contributed by atoms with van der Waals surface area (Å²) in [5, 5.41) is 12.3. The molecule has 2 aromatic rings. The summed E-state index contributed by atoms with van der Waals surface area (Å²) in [6.45, 7) is 10.4. The van der Waals surface area contributed by atoms with Crippen LogP contribution in [0.4, 0.5) is 0 Å². The van der Waals surface area contributed by atoms with E-state index in [1.807, 2.05) is 26.0 Å². The van der Waals surface area contributed by atoms with E-state index in [4.69, 9.17) is 13.9 Å². The lowest BCUT2D eigenvalue weighted by atomic mass is 10.00. The van der Waals surface area contributed by atoms with Gasteiger partial charge in [-0.25, -0.2) is 0 Å². The quantitative estimate of drug-likeness (QED) is 0.703. The van der Waals surface area contributed by atoms with Crippen LogP contribution in [0.1, 0.15) is 41.0 Å². The molecular formula is C26H32O5Si. The second-order valence-electron chi connectivity index (χ2n) is 10.9. The highest BCUT2D eigenvalue weighted by Crippen LogP contribution is 2.69. The molecule has 1 heterocycles. The molecule has 5 rings (SSSR count). The average molecular weight is 453 g/mol. The Morgan fingerprint density at radius 1 is 1.00 bits per heavy atom. The number of rotatable bonds is 5. The lowest BCUT2D eigenvalue weighted by molar-refractivity contribution is -0.173. The first-order valence-corrected chi connectivity index (χ1v) is 13.3. The van der Waals surface area contributed by atoms with Crippen molar-refractivity contribution in [3.05, 3.63) is 60.7 Å². The van der Waals surface area contributed by atoms with E-state index < -0.39 is 31.6 Å². The van der Waals surface area contributed by atoms with E-state index in [2.05, 4.69) is 69.3 Å². The molecule has 0 unspecified atom stereocenters. The second-order valence-corrected chi connectivity index (χ2v) is 15.2. The van der Waals surface area contributed by atoms with Gasteiger partial charge in [-0.05, 0) is 35.7 Å². The monoisotopic (exact) mass is 452 g/mol. The smallest absolute Gasteiger partial charge is 0.312 e. The third-order valence-corrected chi connectivity index (χ3v) is 12.6. The molecule has 170 valence electrons. The minimum Gasteiger partial charge on any atom is -0.481 e. The van der Waals surface area contributed by atoms with Crippen LogP contribution >= 0.6 is 0 Å². The molecule has 1 N–H and O–H groups in total. The fourth-order valence-electron chi connectivity index (χ4n) is 6.11. The van der Waals surface area contributed by atoms with Crippen molar-refractivity contribution in [3.63, 3.8) is 0 Å². The van der Waals surface area contributed by atoms with Crippen LogP contribution < -0.4 is 10.4 Å². The summed E-state index contributed by atoms with van der Waals surface area (Å²) in [7, 11) is -2.83. The van der Waals surface area contributed by atoms with Gasteiger partial charge in [0.1, 0.15) is 17.6 Å². The summed E-state index contributed by atoms with van der Waals surface area (Å²) >= 11 is 0. The summed E-state index contributed by atoms with van der Waals surface area (Å²) in [5.41, 5.74) is -0.908. The third kappa shape index (κ3) is 2.96. The van der Waals surface area contributed by atoms with Gasteiger partial charge in [0.2, 0.25) is 0 Å². The first kappa shape index (κ1) is 21.8. The molecule has 3 aliphatic rings. The number of ether oxygens (including phenoxy) is 2. The molecule has 0 aromatic heterocycles. The number of carboxylic acids is 1. The lowest BCUT2D eigenvalue weighted by Crippen LogP contribution is -2.68. The Labute approximate surface area is 190 Å². The van der Waals surface area contributed by atoms with Gasteiger partial charge < -0.3 is 19.0 Å². The van der Waals surface area contributed by atoms with E-state index in [0.717, 1.165) is 0 Å². The predicted molar refractivity (Wildman–Crippen MR) is 124 cm³/mol. The van der Waals surface area contributed by atoms with Gasteiger partial charge in [-0.2, -0.15) is 0 Å². The van der Waals surface area contributed by atoms with Gasteiger partial charge in [-0.1, -0.05) is 81.4 Å². The zero-order chi connectivity index (χ0) is 22.9. The Balaban J connectivity index is 1.65. The molecule has 1 saturated heterocycles. The number of carboxylic acid groups (broad SMARTS) is 1. The van der Waals surface area contributed by atoms with Crippen LogP contribution in [-0.4, -0.2) is 43.5 Å². The summed E-state index contributed by atoms with van der Waals surface area (Å²) in [4.78, 5) is 12.4. The molecule has 0 amide bonds. The van der Waals surface area contributed by atoms with Gasteiger partial charge in [0.25, 0.3) is 8.32 Å². The number of fused-ring (bicyclic) bond motifs is 3. The summed E-state index contributed by atoms with van der Waals surface area (Å²) in [6, 6.07) is 20.9. The molecule has 5 nitrogen and oxygen atoms in total. The SMILES string of the molecule is CC1(C)O[C@H]2[C@H](O[Si](c3ccccc3)(c3ccccc3)C(C)(C)C)[C@@H]3C[C@]3(C(=O)O)[C@@H]2O1. The Bertz CT molecular complexity index is 976. The number of benzene rings is 2. The van der Waals surface area contributed by atoms with Crippen molar-refractivity contribution in [1.82, 2.24) is 0 Å². The van der Waals surface area contributed by atoms with Crippen LogP contribution in [0.25, 0.3) is 0 Å². The molecule has 5 atom stereocenters. The number of carbonyl (C=O) groups is 1. The largest absolute Gasteiger partial charge is 0.481 e. The Kier molecular flexibility index (Phi) is 4.78. The van der Waals surface area contributed by atoms with E-state index in [9.17, 15) is 9.90 Å². The van der Waals surface area contributed by atoms with Gasteiger partial charge in [-0.15, -0.1) is 0 Å². The van der Waals surface area contributed by atoms with Gasteiger partial charge in [0, 0.05) is 5.92 Å². The van der Waals surface area contributed by atoms with E-state index in [1.54, 1.807) is 0 Å². The van der Waals surface area contributed by atoms with Crippen molar-refractivity contribution in [2.45, 2.75) is 70.2 Å². The van der Waals surface area contributed by atoms with Gasteiger partial charge in [0.15, 0.2) is 5.79 Å². The van der Waals surface area contributed by atoms with Crippen molar-refractivity contribution < 1.29 is 23.8 Å². The molecule has 2 aliphatic carbocycles. The van der Waals surface area contributed by atoms with Crippen molar-refractivity contribution in [3.8, 4) is 0 Å². The molecule has 0 spiro atoms. The molecule has 1 aliphatic heterocycles. The highest BCUT2D eigenvalue weighted by atomic mass is 28.4. The van der Waals surface area contributed by atoms with Crippen molar-refractivity contribution in [2.75, 3.05) is 0 Å². The van der Waals surface area contributed by atoms with Crippen molar-refractivity contribution in [2.24, 2.45) is 11.3 Å². The number of hydrogen-bond acceptors (Lipinski definition) is 4. The van der Waals surface area contributed by atoms with E-state index in [0.29, 0.717) is 6.42 Å². The average Bonchev–Trinajstić information content (AvgIpc) is 3.33. The minimum atomic E-state index is -2.83. The highest BCUT2D eigenvalue weighted by molar-refractivity contribution is 6.99. The molecule has 0 bridgehead atoms. The molecule has 2 aromatic carbocycles. The Hall–Kier alpha value is -1.99. The molecule has 2 saturated carbocycles. The van der Waals surface area contributed by atoms with Gasteiger partial charge >= 0.3 is 5.97 Å². The predicted octanol–water partition coefficient (Wildman–Crippen LogP) is 3.56. The normalized spacial score (nSPS) is 32.9. The van der Waals surface area contributed by atoms with Crippen LogP contribution in [0.2, 0.25) is 5.04 Å². The first-order chi connectivity index (χ1) is 15.0. The molecular weight excluding hydrogens is 420 g/mol. The summed E-state index contributed by atoms with van der Waals surface area (Å²) in [5.74, 6) is -1.72. The lowest BCUT2D eigenvalue weighted by Gasteiger charge is -2.45. The van der Waals surface area contributed by atoms with Gasteiger partial charge in [0.05, 0.1) is 6.10 Å². The van der Waals surface area contributed by atoms with E-state index in [-0.39, 0.29) is 23.2 Å². The maximum absolute atomic E-state index is 12.4. The topological polar surface area (TPSA) is 65.0 Å². The zero-order valence-corrected chi connectivity index (χ0v) is 20.4. The second kappa shape index (κ2) is 7.00. The summed E-state index contributed by atoms with van der Waals surface area (Å²) < 4.78 is 19.8. The molecule has 6 heteroatoms. The van der Waals surface area contributed by atoms with Crippen LogP contribution in [0.5, 0.6) is 0 Å².